The third-order valence-electron chi connectivity index (χ3n) is 4.02. The lowest BCUT2D eigenvalue weighted by Gasteiger charge is -2.36. The fourth-order valence-electron chi connectivity index (χ4n) is 2.66. The number of hydrogen-bond acceptors (Lipinski definition) is 4. The van der Waals surface area contributed by atoms with Crippen molar-refractivity contribution < 1.29 is 4.74 Å². The average Bonchev–Trinajstić information content (AvgIpc) is 2.52. The molecule has 0 aliphatic carbocycles. The summed E-state index contributed by atoms with van der Waals surface area (Å²) in [7, 11) is 0. The van der Waals surface area contributed by atoms with Crippen molar-refractivity contribution in [3.63, 3.8) is 0 Å². The molecule has 1 fully saturated rings. The zero-order valence-corrected chi connectivity index (χ0v) is 13.1. The van der Waals surface area contributed by atoms with Crippen LogP contribution in [0.5, 0.6) is 5.75 Å². The van der Waals surface area contributed by atoms with E-state index in [1.165, 1.54) is 0 Å². The van der Waals surface area contributed by atoms with Crippen molar-refractivity contribution in [1.82, 2.24) is 9.80 Å². The summed E-state index contributed by atoms with van der Waals surface area (Å²) in [6.07, 6.45) is 1.00. The first-order valence-electron chi connectivity index (χ1n) is 7.79. The van der Waals surface area contributed by atoms with Crippen LogP contribution in [0.3, 0.4) is 0 Å². The van der Waals surface area contributed by atoms with Crippen molar-refractivity contribution in [1.29, 1.82) is 5.26 Å². The summed E-state index contributed by atoms with van der Waals surface area (Å²) in [5, 5.41) is 9.01. The second-order valence-electron chi connectivity index (χ2n) is 5.78. The number of ether oxygens (including phenoxy) is 1. The van der Waals surface area contributed by atoms with Crippen LogP contribution in [0.2, 0.25) is 0 Å². The summed E-state index contributed by atoms with van der Waals surface area (Å²) in [6.45, 7) is 10.9. The molecule has 0 spiro atoms. The molecule has 114 valence electrons. The first-order chi connectivity index (χ1) is 10.2. The minimum absolute atomic E-state index is 0.614. The molecule has 21 heavy (non-hydrogen) atoms. The molecule has 1 aromatic rings. The van der Waals surface area contributed by atoms with Gasteiger partial charge in [0, 0.05) is 38.8 Å². The van der Waals surface area contributed by atoms with E-state index in [4.69, 9.17) is 10.00 Å². The lowest BCUT2D eigenvalue weighted by atomic mass is 10.2. The molecule has 1 aromatic carbocycles. The molecule has 1 heterocycles. The number of benzene rings is 1. The Morgan fingerprint density at radius 1 is 1.19 bits per heavy atom. The van der Waals surface area contributed by atoms with E-state index < -0.39 is 0 Å². The molecule has 4 heteroatoms. The smallest absolute Gasteiger partial charge is 0.137 e. The van der Waals surface area contributed by atoms with Gasteiger partial charge in [-0.15, -0.1) is 0 Å². The Balaban J connectivity index is 1.66. The highest BCUT2D eigenvalue weighted by atomic mass is 16.5. The molecule has 0 saturated carbocycles. The van der Waals surface area contributed by atoms with Crippen LogP contribution in [0.15, 0.2) is 24.3 Å². The van der Waals surface area contributed by atoms with Gasteiger partial charge in [0.15, 0.2) is 0 Å². The van der Waals surface area contributed by atoms with Crippen molar-refractivity contribution in [2.24, 2.45) is 0 Å². The van der Waals surface area contributed by atoms with Crippen LogP contribution in [0.4, 0.5) is 0 Å². The second kappa shape index (κ2) is 8.02. The van der Waals surface area contributed by atoms with Crippen molar-refractivity contribution in [2.45, 2.75) is 26.3 Å². The molecule has 0 N–H and O–H groups in total. The maximum absolute atomic E-state index is 9.01. The number of rotatable bonds is 6. The predicted molar refractivity (Wildman–Crippen MR) is 84.4 cm³/mol. The molecule has 0 unspecified atom stereocenters. The maximum atomic E-state index is 9.01. The van der Waals surface area contributed by atoms with Crippen LogP contribution in [-0.2, 0) is 0 Å². The molecule has 4 nitrogen and oxygen atoms in total. The van der Waals surface area contributed by atoms with E-state index in [0.717, 1.165) is 39.1 Å². The Kier molecular flexibility index (Phi) is 6.04. The SMILES string of the molecule is CC(C)N1CCN(CCCOc2ccccc2C#N)CC1. The van der Waals surface area contributed by atoms with Gasteiger partial charge in [0.2, 0.25) is 0 Å². The first-order valence-corrected chi connectivity index (χ1v) is 7.79. The Bertz CT molecular complexity index is 473. The van der Waals surface area contributed by atoms with Crippen LogP contribution < -0.4 is 4.74 Å². The zero-order chi connectivity index (χ0) is 15.1. The molecule has 0 amide bonds. The third-order valence-corrected chi connectivity index (χ3v) is 4.02. The largest absolute Gasteiger partial charge is 0.492 e. The van der Waals surface area contributed by atoms with Gasteiger partial charge in [-0.25, -0.2) is 0 Å². The van der Waals surface area contributed by atoms with E-state index >= 15 is 0 Å². The summed E-state index contributed by atoms with van der Waals surface area (Å²) in [4.78, 5) is 5.02. The molecule has 0 bridgehead atoms. The molecule has 0 aromatic heterocycles. The number of para-hydroxylation sites is 1. The summed E-state index contributed by atoms with van der Waals surface area (Å²) >= 11 is 0. The van der Waals surface area contributed by atoms with Crippen molar-refractivity contribution in [2.75, 3.05) is 39.3 Å². The van der Waals surface area contributed by atoms with E-state index in [-0.39, 0.29) is 0 Å². The quantitative estimate of drug-likeness (QED) is 0.753. The second-order valence-corrected chi connectivity index (χ2v) is 5.78. The van der Waals surface area contributed by atoms with Gasteiger partial charge in [0.1, 0.15) is 11.8 Å². The van der Waals surface area contributed by atoms with Crippen LogP contribution in [0.25, 0.3) is 0 Å². The normalized spacial score (nSPS) is 16.9. The van der Waals surface area contributed by atoms with Gasteiger partial charge >= 0.3 is 0 Å². The van der Waals surface area contributed by atoms with E-state index in [0.29, 0.717) is 24.0 Å². The number of piperazine rings is 1. The van der Waals surface area contributed by atoms with Crippen LogP contribution >= 0.6 is 0 Å². The van der Waals surface area contributed by atoms with Gasteiger partial charge < -0.3 is 9.64 Å². The first kappa shape index (κ1) is 15.8. The molecule has 1 saturated heterocycles. The predicted octanol–water partition coefficient (Wildman–Crippen LogP) is 2.35. The fraction of sp³-hybridized carbons (Fsp3) is 0.588. The van der Waals surface area contributed by atoms with Gasteiger partial charge in [-0.1, -0.05) is 12.1 Å². The molecular weight excluding hydrogens is 262 g/mol. The lowest BCUT2D eigenvalue weighted by Crippen LogP contribution is -2.49. The lowest BCUT2D eigenvalue weighted by molar-refractivity contribution is 0.104. The standard InChI is InChI=1S/C17H25N3O/c1-15(2)20-11-9-19(10-12-20)8-5-13-21-17-7-4-3-6-16(17)14-18/h3-4,6-7,15H,5,8-13H2,1-2H3. The Morgan fingerprint density at radius 2 is 1.90 bits per heavy atom. The Hall–Kier alpha value is -1.57. The molecule has 0 radical (unpaired) electrons. The monoisotopic (exact) mass is 287 g/mol. The molecule has 1 aliphatic rings. The van der Waals surface area contributed by atoms with E-state index in [2.05, 4.69) is 29.7 Å². The summed E-state index contributed by atoms with van der Waals surface area (Å²) in [5.41, 5.74) is 0.614. The summed E-state index contributed by atoms with van der Waals surface area (Å²) < 4.78 is 5.72. The van der Waals surface area contributed by atoms with Gasteiger partial charge in [0.25, 0.3) is 0 Å². The molecule has 2 rings (SSSR count). The van der Waals surface area contributed by atoms with Gasteiger partial charge in [-0.3, -0.25) is 4.90 Å². The number of nitrogens with zero attached hydrogens (tertiary/aromatic N) is 3. The topological polar surface area (TPSA) is 39.5 Å². The minimum Gasteiger partial charge on any atom is -0.492 e. The molecule has 0 atom stereocenters. The summed E-state index contributed by atoms with van der Waals surface area (Å²) in [5.74, 6) is 0.699. The fourth-order valence-corrected chi connectivity index (χ4v) is 2.66. The van der Waals surface area contributed by atoms with Gasteiger partial charge in [-0.2, -0.15) is 5.26 Å². The molecular formula is C17H25N3O. The highest BCUT2D eigenvalue weighted by Gasteiger charge is 2.18. The average molecular weight is 287 g/mol. The van der Waals surface area contributed by atoms with Crippen LogP contribution in [0.1, 0.15) is 25.8 Å². The van der Waals surface area contributed by atoms with Gasteiger partial charge in [-0.05, 0) is 32.4 Å². The van der Waals surface area contributed by atoms with E-state index in [9.17, 15) is 0 Å². The maximum Gasteiger partial charge on any atom is 0.137 e. The number of nitriles is 1. The van der Waals surface area contributed by atoms with Crippen molar-refractivity contribution in [3.8, 4) is 11.8 Å². The van der Waals surface area contributed by atoms with Crippen LogP contribution in [-0.4, -0.2) is 55.2 Å². The highest BCUT2D eigenvalue weighted by molar-refractivity contribution is 5.42. The number of hydrogen-bond donors (Lipinski definition) is 0. The molecule has 1 aliphatic heterocycles. The summed E-state index contributed by atoms with van der Waals surface area (Å²) in [6, 6.07) is 10.2. The zero-order valence-electron chi connectivity index (χ0n) is 13.1. The van der Waals surface area contributed by atoms with Crippen LogP contribution in [0, 0.1) is 11.3 Å². The van der Waals surface area contributed by atoms with Crippen molar-refractivity contribution >= 4 is 0 Å². The van der Waals surface area contributed by atoms with Crippen molar-refractivity contribution in [3.05, 3.63) is 29.8 Å². The van der Waals surface area contributed by atoms with E-state index in [1.807, 2.05) is 18.2 Å². The highest BCUT2D eigenvalue weighted by Crippen LogP contribution is 2.16. The minimum atomic E-state index is 0.614. The van der Waals surface area contributed by atoms with E-state index in [1.54, 1.807) is 6.07 Å². The van der Waals surface area contributed by atoms with Gasteiger partial charge in [0.05, 0.1) is 12.2 Å². The third kappa shape index (κ3) is 4.73. The Morgan fingerprint density at radius 3 is 2.57 bits per heavy atom. The Labute approximate surface area is 127 Å².